The molecule has 2 aromatic rings. The normalized spacial score (nSPS) is 16.9. The van der Waals surface area contributed by atoms with Crippen molar-refractivity contribution in [3.63, 3.8) is 0 Å². The average molecular weight is 351 g/mol. The Labute approximate surface area is 154 Å². The van der Waals surface area contributed by atoms with Gasteiger partial charge in [-0.25, -0.2) is 4.79 Å². The van der Waals surface area contributed by atoms with Crippen LogP contribution in [0.2, 0.25) is 0 Å². The van der Waals surface area contributed by atoms with E-state index in [1.165, 1.54) is 11.3 Å². The van der Waals surface area contributed by atoms with Crippen molar-refractivity contribution in [2.45, 2.75) is 19.4 Å². The highest BCUT2D eigenvalue weighted by Crippen LogP contribution is 2.35. The fourth-order valence-corrected chi connectivity index (χ4v) is 3.80. The van der Waals surface area contributed by atoms with Crippen molar-refractivity contribution < 1.29 is 9.53 Å². The molecule has 0 radical (unpaired) electrons. The van der Waals surface area contributed by atoms with E-state index >= 15 is 0 Å². The SMILES string of the molecule is O=C(OCc1ccccc1)N1CCCc2c(N3CCNCC3)cccc21. The van der Waals surface area contributed by atoms with Crippen LogP contribution in [0.3, 0.4) is 0 Å². The van der Waals surface area contributed by atoms with Gasteiger partial charge in [-0.1, -0.05) is 36.4 Å². The number of nitrogens with one attached hydrogen (secondary N) is 1. The molecule has 1 N–H and O–H groups in total. The van der Waals surface area contributed by atoms with Crippen molar-refractivity contribution in [3.05, 3.63) is 59.7 Å². The molecular weight excluding hydrogens is 326 g/mol. The van der Waals surface area contributed by atoms with E-state index in [0.717, 1.165) is 50.3 Å². The van der Waals surface area contributed by atoms with Gasteiger partial charge in [0.1, 0.15) is 6.61 Å². The highest BCUT2D eigenvalue weighted by atomic mass is 16.6. The first-order valence-corrected chi connectivity index (χ1v) is 9.39. The lowest BCUT2D eigenvalue weighted by atomic mass is 9.99. The molecule has 0 bridgehead atoms. The van der Waals surface area contributed by atoms with Crippen LogP contribution < -0.4 is 15.1 Å². The third-order valence-corrected chi connectivity index (χ3v) is 5.11. The minimum absolute atomic E-state index is 0.257. The average Bonchev–Trinajstić information content (AvgIpc) is 2.72. The van der Waals surface area contributed by atoms with Gasteiger partial charge < -0.3 is 15.0 Å². The lowest BCUT2D eigenvalue weighted by molar-refractivity contribution is 0.146. The van der Waals surface area contributed by atoms with E-state index in [9.17, 15) is 4.79 Å². The molecule has 5 heteroatoms. The van der Waals surface area contributed by atoms with Gasteiger partial charge in [0.25, 0.3) is 0 Å². The Balaban J connectivity index is 1.52. The lowest BCUT2D eigenvalue weighted by Gasteiger charge is -2.35. The number of hydrogen-bond acceptors (Lipinski definition) is 4. The number of piperazine rings is 1. The molecular formula is C21H25N3O2. The van der Waals surface area contributed by atoms with Crippen LogP contribution in [0.5, 0.6) is 0 Å². The second kappa shape index (κ2) is 7.79. The maximum atomic E-state index is 12.7. The fraction of sp³-hybridized carbons (Fsp3) is 0.381. The molecule has 0 spiro atoms. The highest BCUT2D eigenvalue weighted by Gasteiger charge is 2.27. The molecule has 0 aromatic heterocycles. The first-order chi connectivity index (χ1) is 12.8. The van der Waals surface area contributed by atoms with Crippen molar-refractivity contribution in [2.75, 3.05) is 42.5 Å². The van der Waals surface area contributed by atoms with Crippen LogP contribution in [0.15, 0.2) is 48.5 Å². The second-order valence-electron chi connectivity index (χ2n) is 6.81. The van der Waals surface area contributed by atoms with Crippen LogP contribution in [0, 0.1) is 0 Å². The maximum Gasteiger partial charge on any atom is 0.414 e. The Hall–Kier alpha value is -2.53. The van der Waals surface area contributed by atoms with Crippen molar-refractivity contribution in [2.24, 2.45) is 0 Å². The van der Waals surface area contributed by atoms with Gasteiger partial charge >= 0.3 is 6.09 Å². The minimum atomic E-state index is -0.257. The van der Waals surface area contributed by atoms with E-state index < -0.39 is 0 Å². The fourth-order valence-electron chi connectivity index (χ4n) is 3.80. The van der Waals surface area contributed by atoms with Gasteiger partial charge in [0.05, 0.1) is 5.69 Å². The molecule has 1 amide bonds. The van der Waals surface area contributed by atoms with Crippen molar-refractivity contribution in [1.82, 2.24) is 5.32 Å². The Kier molecular flexibility index (Phi) is 5.07. The molecule has 0 saturated carbocycles. The summed E-state index contributed by atoms with van der Waals surface area (Å²) in [6.07, 6.45) is 1.72. The number of hydrogen-bond donors (Lipinski definition) is 1. The van der Waals surface area contributed by atoms with Gasteiger partial charge in [-0.3, -0.25) is 4.90 Å². The summed E-state index contributed by atoms with van der Waals surface area (Å²) >= 11 is 0. The summed E-state index contributed by atoms with van der Waals surface area (Å²) in [4.78, 5) is 16.9. The first-order valence-electron chi connectivity index (χ1n) is 9.39. The Morgan fingerprint density at radius 3 is 2.54 bits per heavy atom. The zero-order valence-electron chi connectivity index (χ0n) is 15.0. The molecule has 0 aliphatic carbocycles. The number of amides is 1. The number of rotatable bonds is 3. The van der Waals surface area contributed by atoms with Gasteiger partial charge in [-0.15, -0.1) is 0 Å². The summed E-state index contributed by atoms with van der Waals surface area (Å²) in [5.41, 5.74) is 4.56. The van der Waals surface area contributed by atoms with Crippen LogP contribution in [0.4, 0.5) is 16.2 Å². The smallest absolute Gasteiger partial charge is 0.414 e. The van der Waals surface area contributed by atoms with Gasteiger partial charge in [0.2, 0.25) is 0 Å². The summed E-state index contributed by atoms with van der Waals surface area (Å²) in [7, 11) is 0. The Bertz CT molecular complexity index is 757. The molecule has 2 heterocycles. The summed E-state index contributed by atoms with van der Waals surface area (Å²) in [6, 6.07) is 16.1. The molecule has 4 rings (SSSR count). The van der Waals surface area contributed by atoms with Crippen LogP contribution in [-0.2, 0) is 17.8 Å². The number of benzene rings is 2. The summed E-state index contributed by atoms with van der Waals surface area (Å²) in [5, 5.41) is 3.40. The van der Waals surface area contributed by atoms with E-state index in [-0.39, 0.29) is 6.09 Å². The van der Waals surface area contributed by atoms with Crippen molar-refractivity contribution in [1.29, 1.82) is 0 Å². The van der Waals surface area contributed by atoms with Crippen LogP contribution >= 0.6 is 0 Å². The minimum Gasteiger partial charge on any atom is -0.444 e. The molecule has 5 nitrogen and oxygen atoms in total. The predicted molar refractivity (Wildman–Crippen MR) is 104 cm³/mol. The third-order valence-electron chi connectivity index (χ3n) is 5.11. The third kappa shape index (κ3) is 3.53. The van der Waals surface area contributed by atoms with Crippen molar-refractivity contribution >= 4 is 17.5 Å². The molecule has 1 fully saturated rings. The number of ether oxygens (including phenoxy) is 1. The van der Waals surface area contributed by atoms with E-state index in [2.05, 4.69) is 22.3 Å². The Morgan fingerprint density at radius 2 is 1.73 bits per heavy atom. The topological polar surface area (TPSA) is 44.8 Å². The summed E-state index contributed by atoms with van der Waals surface area (Å²) in [5.74, 6) is 0. The molecule has 1 saturated heterocycles. The van der Waals surface area contributed by atoms with E-state index in [1.807, 2.05) is 36.4 Å². The van der Waals surface area contributed by atoms with E-state index in [1.54, 1.807) is 4.90 Å². The van der Waals surface area contributed by atoms with E-state index in [4.69, 9.17) is 4.74 Å². The van der Waals surface area contributed by atoms with Crippen LogP contribution in [-0.4, -0.2) is 38.8 Å². The van der Waals surface area contributed by atoms with Crippen molar-refractivity contribution in [3.8, 4) is 0 Å². The number of fused-ring (bicyclic) bond motifs is 1. The number of anilines is 2. The van der Waals surface area contributed by atoms with Gasteiger partial charge in [0.15, 0.2) is 0 Å². The predicted octanol–water partition coefficient (Wildman–Crippen LogP) is 3.19. The monoisotopic (exact) mass is 351 g/mol. The molecule has 2 aliphatic heterocycles. The maximum absolute atomic E-state index is 12.7. The zero-order valence-corrected chi connectivity index (χ0v) is 15.0. The number of nitrogens with zero attached hydrogens (tertiary/aromatic N) is 2. The molecule has 2 aromatic carbocycles. The van der Waals surface area contributed by atoms with Gasteiger partial charge in [-0.2, -0.15) is 0 Å². The first kappa shape index (κ1) is 16.9. The zero-order chi connectivity index (χ0) is 17.8. The van der Waals surface area contributed by atoms with Gasteiger partial charge in [0, 0.05) is 38.4 Å². The van der Waals surface area contributed by atoms with Crippen LogP contribution in [0.25, 0.3) is 0 Å². The van der Waals surface area contributed by atoms with Gasteiger partial charge in [-0.05, 0) is 36.1 Å². The van der Waals surface area contributed by atoms with E-state index in [0.29, 0.717) is 13.2 Å². The largest absolute Gasteiger partial charge is 0.444 e. The number of carbonyl (C=O) groups excluding carboxylic acids is 1. The second-order valence-corrected chi connectivity index (χ2v) is 6.81. The Morgan fingerprint density at radius 1 is 0.962 bits per heavy atom. The molecule has 26 heavy (non-hydrogen) atoms. The molecule has 136 valence electrons. The molecule has 2 aliphatic rings. The summed E-state index contributed by atoms with van der Waals surface area (Å²) < 4.78 is 5.57. The van der Waals surface area contributed by atoms with Crippen LogP contribution in [0.1, 0.15) is 17.5 Å². The lowest BCUT2D eigenvalue weighted by Crippen LogP contribution is -2.44. The molecule has 0 unspecified atom stereocenters. The highest BCUT2D eigenvalue weighted by molar-refractivity contribution is 5.90. The number of carbonyl (C=O) groups is 1. The standard InChI is InChI=1S/C21H25N3O2/c25-21(26-16-17-6-2-1-3-7-17)24-13-5-8-18-19(9-4-10-20(18)24)23-14-11-22-12-15-23/h1-4,6-7,9-10,22H,5,8,11-16H2. The molecule has 0 atom stereocenters. The summed E-state index contributed by atoms with van der Waals surface area (Å²) in [6.45, 7) is 5.05. The quantitative estimate of drug-likeness (QED) is 0.922.